The summed E-state index contributed by atoms with van der Waals surface area (Å²) in [7, 11) is 0. The van der Waals surface area contributed by atoms with Crippen LogP contribution in [0.3, 0.4) is 0 Å². The van der Waals surface area contributed by atoms with E-state index in [0.29, 0.717) is 6.54 Å². The molecule has 2 aromatic rings. The number of urea groups is 1. The minimum atomic E-state index is -0.255. The first-order valence-corrected chi connectivity index (χ1v) is 6.67. The van der Waals surface area contributed by atoms with Crippen molar-refractivity contribution in [1.29, 1.82) is 0 Å². The largest absolute Gasteiger partial charge is 0.326 e. The second kappa shape index (κ2) is 6.73. The first-order valence-electron chi connectivity index (χ1n) is 6.67. The summed E-state index contributed by atoms with van der Waals surface area (Å²) < 4.78 is 0. The molecule has 0 atom stereocenters. The fraction of sp³-hybridized carbons (Fsp3) is 0.188. The third kappa shape index (κ3) is 3.83. The van der Waals surface area contributed by atoms with E-state index in [1.54, 1.807) is 0 Å². The normalized spacial score (nSPS) is 10.1. The van der Waals surface area contributed by atoms with E-state index in [1.165, 1.54) is 5.56 Å². The molecule has 4 N–H and O–H groups in total. The van der Waals surface area contributed by atoms with Crippen molar-refractivity contribution in [2.24, 2.45) is 5.73 Å². The minimum absolute atomic E-state index is 0.255. The van der Waals surface area contributed by atoms with Crippen molar-refractivity contribution in [2.45, 2.75) is 19.9 Å². The van der Waals surface area contributed by atoms with Gasteiger partial charge in [-0.05, 0) is 41.8 Å². The number of hydrogen-bond donors (Lipinski definition) is 3. The molecule has 2 rings (SSSR count). The summed E-state index contributed by atoms with van der Waals surface area (Å²) in [6.45, 7) is 2.59. The van der Waals surface area contributed by atoms with Crippen molar-refractivity contribution >= 4 is 17.4 Å². The van der Waals surface area contributed by atoms with Gasteiger partial charge in [0.2, 0.25) is 0 Å². The number of hydrogen-bond acceptors (Lipinski definition) is 2. The molecule has 0 aromatic heterocycles. The van der Waals surface area contributed by atoms with Gasteiger partial charge in [-0.3, -0.25) is 0 Å². The molecule has 104 valence electrons. The van der Waals surface area contributed by atoms with Crippen molar-refractivity contribution < 1.29 is 4.79 Å². The summed E-state index contributed by atoms with van der Waals surface area (Å²) in [5, 5.41) is 5.58. The van der Waals surface area contributed by atoms with Crippen LogP contribution in [0, 0.1) is 0 Å². The minimum Gasteiger partial charge on any atom is -0.326 e. The van der Waals surface area contributed by atoms with Crippen molar-refractivity contribution in [3.05, 3.63) is 59.7 Å². The monoisotopic (exact) mass is 269 g/mol. The Morgan fingerprint density at radius 1 is 0.900 bits per heavy atom. The van der Waals surface area contributed by atoms with Crippen molar-refractivity contribution in [1.82, 2.24) is 0 Å². The summed E-state index contributed by atoms with van der Waals surface area (Å²) in [4.78, 5) is 11.8. The van der Waals surface area contributed by atoms with Crippen LogP contribution in [0.2, 0.25) is 0 Å². The lowest BCUT2D eigenvalue weighted by Crippen LogP contribution is -2.19. The molecular weight excluding hydrogens is 250 g/mol. The van der Waals surface area contributed by atoms with Gasteiger partial charge in [0, 0.05) is 17.9 Å². The van der Waals surface area contributed by atoms with E-state index in [-0.39, 0.29) is 6.03 Å². The van der Waals surface area contributed by atoms with Gasteiger partial charge in [0.15, 0.2) is 0 Å². The Kier molecular flexibility index (Phi) is 4.74. The summed E-state index contributed by atoms with van der Waals surface area (Å²) in [5.41, 5.74) is 9.32. The number of carbonyl (C=O) groups is 1. The van der Waals surface area contributed by atoms with Gasteiger partial charge in [0.1, 0.15) is 0 Å². The Morgan fingerprint density at radius 3 is 1.75 bits per heavy atom. The zero-order valence-corrected chi connectivity index (χ0v) is 11.5. The summed E-state index contributed by atoms with van der Waals surface area (Å²) >= 11 is 0. The van der Waals surface area contributed by atoms with E-state index < -0.39 is 0 Å². The number of carbonyl (C=O) groups excluding carboxylic acids is 1. The Labute approximate surface area is 119 Å². The average molecular weight is 269 g/mol. The smallest absolute Gasteiger partial charge is 0.323 e. The van der Waals surface area contributed by atoms with Crippen LogP contribution in [-0.2, 0) is 13.0 Å². The molecular formula is C16H19N3O. The van der Waals surface area contributed by atoms with Crippen LogP contribution in [0.5, 0.6) is 0 Å². The molecule has 0 heterocycles. The highest BCUT2D eigenvalue weighted by Crippen LogP contribution is 2.12. The van der Waals surface area contributed by atoms with E-state index in [1.807, 2.05) is 48.5 Å². The van der Waals surface area contributed by atoms with Crippen LogP contribution < -0.4 is 16.4 Å². The van der Waals surface area contributed by atoms with Crippen molar-refractivity contribution in [3.63, 3.8) is 0 Å². The average Bonchev–Trinajstić information content (AvgIpc) is 2.49. The highest BCUT2D eigenvalue weighted by Gasteiger charge is 2.02. The fourth-order valence-corrected chi connectivity index (χ4v) is 1.84. The van der Waals surface area contributed by atoms with Gasteiger partial charge in [-0.25, -0.2) is 4.79 Å². The Morgan fingerprint density at radius 2 is 1.35 bits per heavy atom. The highest BCUT2D eigenvalue weighted by atomic mass is 16.2. The fourth-order valence-electron chi connectivity index (χ4n) is 1.84. The molecule has 0 aliphatic heterocycles. The van der Waals surface area contributed by atoms with Gasteiger partial charge in [-0.15, -0.1) is 0 Å². The third-order valence-electron chi connectivity index (χ3n) is 3.07. The van der Waals surface area contributed by atoms with Crippen LogP contribution in [-0.4, -0.2) is 6.03 Å². The zero-order chi connectivity index (χ0) is 14.4. The van der Waals surface area contributed by atoms with Crippen LogP contribution in [0.1, 0.15) is 18.1 Å². The molecule has 0 aliphatic rings. The van der Waals surface area contributed by atoms with Gasteiger partial charge in [-0.2, -0.15) is 0 Å². The predicted octanol–water partition coefficient (Wildman–Crippen LogP) is 3.35. The molecule has 0 radical (unpaired) electrons. The van der Waals surface area contributed by atoms with Crippen LogP contribution >= 0.6 is 0 Å². The molecule has 2 amide bonds. The number of aryl methyl sites for hydroxylation is 1. The molecule has 0 aliphatic carbocycles. The van der Waals surface area contributed by atoms with Crippen LogP contribution in [0.15, 0.2) is 48.5 Å². The second-order valence-electron chi connectivity index (χ2n) is 4.53. The maximum Gasteiger partial charge on any atom is 0.323 e. The van der Waals surface area contributed by atoms with Crippen molar-refractivity contribution in [3.8, 4) is 0 Å². The number of amides is 2. The number of anilines is 2. The lowest BCUT2D eigenvalue weighted by Gasteiger charge is -2.08. The second-order valence-corrected chi connectivity index (χ2v) is 4.53. The predicted molar refractivity (Wildman–Crippen MR) is 82.8 cm³/mol. The molecule has 2 aromatic carbocycles. The van der Waals surface area contributed by atoms with Crippen molar-refractivity contribution in [2.75, 3.05) is 10.6 Å². The lowest BCUT2D eigenvalue weighted by molar-refractivity contribution is 0.262. The van der Waals surface area contributed by atoms with Gasteiger partial charge in [0.05, 0.1) is 0 Å². The number of nitrogens with one attached hydrogen (secondary N) is 2. The maximum absolute atomic E-state index is 11.8. The standard InChI is InChI=1S/C16H19N3O/c1-2-12-3-7-14(8-4-12)18-16(20)19-15-9-5-13(11-17)6-10-15/h3-10H,2,11,17H2,1H3,(H2,18,19,20). The molecule has 0 unspecified atom stereocenters. The van der Waals surface area contributed by atoms with E-state index in [9.17, 15) is 4.79 Å². The quantitative estimate of drug-likeness (QED) is 0.796. The van der Waals surface area contributed by atoms with Gasteiger partial charge in [-0.1, -0.05) is 31.2 Å². The molecule has 4 nitrogen and oxygen atoms in total. The zero-order valence-electron chi connectivity index (χ0n) is 11.5. The maximum atomic E-state index is 11.8. The van der Waals surface area contributed by atoms with Crippen LogP contribution in [0.25, 0.3) is 0 Å². The third-order valence-corrected chi connectivity index (χ3v) is 3.07. The number of nitrogens with two attached hydrogens (primary N) is 1. The Bertz CT molecular complexity index is 510. The Balaban J connectivity index is 1.93. The summed E-state index contributed by atoms with van der Waals surface area (Å²) in [6.07, 6.45) is 0.986. The van der Waals surface area contributed by atoms with Gasteiger partial charge < -0.3 is 16.4 Å². The summed E-state index contributed by atoms with van der Waals surface area (Å²) in [6, 6.07) is 15.0. The van der Waals surface area contributed by atoms with E-state index in [4.69, 9.17) is 5.73 Å². The topological polar surface area (TPSA) is 67.2 Å². The molecule has 4 heteroatoms. The Hall–Kier alpha value is -2.33. The van der Waals surface area contributed by atoms with E-state index in [0.717, 1.165) is 23.4 Å². The molecule has 20 heavy (non-hydrogen) atoms. The molecule has 0 saturated carbocycles. The number of rotatable bonds is 4. The number of benzene rings is 2. The highest BCUT2D eigenvalue weighted by molar-refractivity contribution is 5.99. The van der Waals surface area contributed by atoms with E-state index >= 15 is 0 Å². The van der Waals surface area contributed by atoms with Crippen LogP contribution in [0.4, 0.5) is 16.2 Å². The first-order chi connectivity index (χ1) is 9.71. The van der Waals surface area contributed by atoms with Gasteiger partial charge in [0.25, 0.3) is 0 Å². The SMILES string of the molecule is CCc1ccc(NC(=O)Nc2ccc(CN)cc2)cc1. The molecule has 0 bridgehead atoms. The first kappa shape index (κ1) is 14.1. The molecule has 0 saturated heterocycles. The molecule has 0 spiro atoms. The molecule has 0 fully saturated rings. The van der Waals surface area contributed by atoms with E-state index in [2.05, 4.69) is 17.6 Å². The lowest BCUT2D eigenvalue weighted by atomic mass is 10.1. The summed E-state index contributed by atoms with van der Waals surface area (Å²) in [5.74, 6) is 0. The van der Waals surface area contributed by atoms with Gasteiger partial charge >= 0.3 is 6.03 Å².